The van der Waals surface area contributed by atoms with Crippen molar-refractivity contribution in [3.8, 4) is 5.75 Å². The first kappa shape index (κ1) is 14.1. The van der Waals surface area contributed by atoms with Gasteiger partial charge in [-0.05, 0) is 32.0 Å². The van der Waals surface area contributed by atoms with Gasteiger partial charge in [0.1, 0.15) is 5.75 Å². The van der Waals surface area contributed by atoms with Crippen molar-refractivity contribution >= 4 is 0 Å². The first-order valence-corrected chi connectivity index (χ1v) is 7.82. The van der Waals surface area contributed by atoms with Gasteiger partial charge in [0.25, 0.3) is 0 Å². The lowest BCUT2D eigenvalue weighted by Gasteiger charge is -2.25. The Bertz CT molecular complexity index is 593. The number of aromatic nitrogens is 2. The Labute approximate surface area is 126 Å². The molecular weight excluding hydrogens is 262 g/mol. The molecule has 0 spiro atoms. The zero-order chi connectivity index (χ0) is 14.7. The fourth-order valence-corrected chi connectivity index (χ4v) is 3.09. The highest BCUT2D eigenvalue weighted by molar-refractivity contribution is 5.41. The van der Waals surface area contributed by atoms with Crippen LogP contribution in [0.2, 0.25) is 0 Å². The molecule has 1 aromatic heterocycles. The van der Waals surface area contributed by atoms with Crippen LogP contribution >= 0.6 is 0 Å². The maximum Gasteiger partial charge on any atom is 0.122 e. The van der Waals surface area contributed by atoms with Crippen LogP contribution < -0.4 is 10.1 Å². The fraction of sp³-hybridized carbons (Fsp3) is 0.471. The van der Waals surface area contributed by atoms with Gasteiger partial charge in [0, 0.05) is 24.2 Å². The van der Waals surface area contributed by atoms with Crippen molar-refractivity contribution in [2.75, 3.05) is 13.2 Å². The molecule has 112 valence electrons. The summed E-state index contributed by atoms with van der Waals surface area (Å²) in [6, 6.07) is 10.7. The van der Waals surface area contributed by atoms with Crippen LogP contribution in [0, 0.1) is 0 Å². The molecule has 1 aliphatic heterocycles. The molecule has 3 rings (SSSR count). The van der Waals surface area contributed by atoms with Gasteiger partial charge in [-0.15, -0.1) is 0 Å². The summed E-state index contributed by atoms with van der Waals surface area (Å²) in [6.07, 6.45) is 3.01. The maximum absolute atomic E-state index is 5.87. The minimum Gasteiger partial charge on any atom is -0.493 e. The monoisotopic (exact) mass is 285 g/mol. The Hall–Kier alpha value is -1.81. The van der Waals surface area contributed by atoms with Crippen LogP contribution in [-0.4, -0.2) is 22.9 Å². The maximum atomic E-state index is 5.87. The minimum atomic E-state index is 0.246. The molecule has 2 atom stereocenters. The Morgan fingerprint density at radius 2 is 2.19 bits per heavy atom. The number of aryl methyl sites for hydroxylation is 1. The predicted octanol–water partition coefficient (Wildman–Crippen LogP) is 3.12. The summed E-state index contributed by atoms with van der Waals surface area (Å²) in [4.78, 5) is 0. The number of fused-ring (bicyclic) bond motifs is 1. The topological polar surface area (TPSA) is 39.1 Å². The molecule has 2 aromatic rings. The van der Waals surface area contributed by atoms with E-state index in [1.165, 1.54) is 11.3 Å². The molecule has 0 fully saturated rings. The lowest BCUT2D eigenvalue weighted by molar-refractivity contribution is 0.293. The van der Waals surface area contributed by atoms with Crippen LogP contribution in [0.5, 0.6) is 5.75 Å². The summed E-state index contributed by atoms with van der Waals surface area (Å²) in [5, 5.41) is 8.12. The lowest BCUT2D eigenvalue weighted by atomic mass is 9.91. The van der Waals surface area contributed by atoms with E-state index in [2.05, 4.69) is 53.2 Å². The SMILES string of the molecule is CCCNC(c1ccnn1CC)C1COc2ccccc21. The van der Waals surface area contributed by atoms with E-state index < -0.39 is 0 Å². The number of ether oxygens (including phenoxy) is 1. The second kappa shape index (κ2) is 6.31. The van der Waals surface area contributed by atoms with Crippen LogP contribution in [0.15, 0.2) is 36.5 Å². The molecule has 21 heavy (non-hydrogen) atoms. The van der Waals surface area contributed by atoms with Crippen molar-refractivity contribution in [2.45, 2.75) is 38.8 Å². The van der Waals surface area contributed by atoms with Gasteiger partial charge in [-0.3, -0.25) is 4.68 Å². The molecule has 0 amide bonds. The second-order valence-electron chi connectivity index (χ2n) is 5.46. The Morgan fingerprint density at radius 3 is 3.00 bits per heavy atom. The summed E-state index contributed by atoms with van der Waals surface area (Å²) in [5.74, 6) is 1.36. The normalized spacial score (nSPS) is 18.3. The van der Waals surface area contributed by atoms with E-state index in [0.717, 1.165) is 31.9 Å². The van der Waals surface area contributed by atoms with Crippen LogP contribution in [0.25, 0.3) is 0 Å². The highest BCUT2D eigenvalue weighted by atomic mass is 16.5. The van der Waals surface area contributed by atoms with Crippen molar-refractivity contribution in [1.82, 2.24) is 15.1 Å². The van der Waals surface area contributed by atoms with E-state index in [1.807, 2.05) is 12.3 Å². The highest BCUT2D eigenvalue weighted by Crippen LogP contribution is 2.41. The Morgan fingerprint density at radius 1 is 1.33 bits per heavy atom. The third-order valence-corrected chi connectivity index (χ3v) is 4.12. The number of rotatable bonds is 6. The summed E-state index contributed by atoms with van der Waals surface area (Å²) < 4.78 is 7.95. The van der Waals surface area contributed by atoms with Gasteiger partial charge in [0.2, 0.25) is 0 Å². The van der Waals surface area contributed by atoms with Crippen molar-refractivity contribution in [1.29, 1.82) is 0 Å². The molecule has 4 heteroatoms. The highest BCUT2D eigenvalue weighted by Gasteiger charge is 2.33. The van der Waals surface area contributed by atoms with E-state index in [-0.39, 0.29) is 6.04 Å². The number of hydrogen-bond donors (Lipinski definition) is 1. The van der Waals surface area contributed by atoms with Crippen LogP contribution in [0.1, 0.15) is 43.5 Å². The molecule has 1 N–H and O–H groups in total. The minimum absolute atomic E-state index is 0.246. The molecule has 1 aliphatic rings. The van der Waals surface area contributed by atoms with Crippen molar-refractivity contribution in [3.63, 3.8) is 0 Å². The van der Waals surface area contributed by atoms with Crippen molar-refractivity contribution in [3.05, 3.63) is 47.8 Å². The summed E-state index contributed by atoms with van der Waals surface area (Å²) in [6.45, 7) is 6.95. The average Bonchev–Trinajstić information content (AvgIpc) is 3.15. The van der Waals surface area contributed by atoms with E-state index in [0.29, 0.717) is 5.92 Å². The standard InChI is InChI=1S/C17H23N3O/c1-3-10-18-17(15-9-11-19-20(15)4-2)14-12-21-16-8-6-5-7-13(14)16/h5-9,11,14,17-18H,3-4,10,12H2,1-2H3. The first-order valence-electron chi connectivity index (χ1n) is 7.82. The van der Waals surface area contributed by atoms with E-state index in [4.69, 9.17) is 4.74 Å². The smallest absolute Gasteiger partial charge is 0.122 e. The fourth-order valence-electron chi connectivity index (χ4n) is 3.09. The van der Waals surface area contributed by atoms with E-state index in [9.17, 15) is 0 Å². The molecule has 0 saturated carbocycles. The first-order chi connectivity index (χ1) is 10.3. The van der Waals surface area contributed by atoms with Gasteiger partial charge in [-0.25, -0.2) is 0 Å². The van der Waals surface area contributed by atoms with Crippen LogP contribution in [0.4, 0.5) is 0 Å². The van der Waals surface area contributed by atoms with Gasteiger partial charge in [0.05, 0.1) is 18.3 Å². The Balaban J connectivity index is 1.94. The molecule has 0 saturated heterocycles. The number of hydrogen-bond acceptors (Lipinski definition) is 3. The summed E-state index contributed by atoms with van der Waals surface area (Å²) in [7, 11) is 0. The second-order valence-corrected chi connectivity index (χ2v) is 5.46. The number of benzene rings is 1. The van der Waals surface area contributed by atoms with Crippen LogP contribution in [0.3, 0.4) is 0 Å². The largest absolute Gasteiger partial charge is 0.493 e. The number of nitrogens with one attached hydrogen (secondary N) is 1. The van der Waals surface area contributed by atoms with Gasteiger partial charge in [-0.2, -0.15) is 5.10 Å². The predicted molar refractivity (Wildman–Crippen MR) is 83.6 cm³/mol. The summed E-state index contributed by atoms with van der Waals surface area (Å²) >= 11 is 0. The van der Waals surface area contributed by atoms with E-state index in [1.54, 1.807) is 0 Å². The molecule has 0 aliphatic carbocycles. The van der Waals surface area contributed by atoms with Gasteiger partial charge < -0.3 is 10.1 Å². The lowest BCUT2D eigenvalue weighted by Crippen LogP contribution is -2.30. The van der Waals surface area contributed by atoms with Crippen molar-refractivity contribution < 1.29 is 4.74 Å². The Kier molecular flexibility index (Phi) is 4.25. The van der Waals surface area contributed by atoms with Crippen molar-refractivity contribution in [2.24, 2.45) is 0 Å². The number of para-hydroxylation sites is 1. The third-order valence-electron chi connectivity index (χ3n) is 4.12. The zero-order valence-electron chi connectivity index (χ0n) is 12.7. The molecular formula is C17H23N3O. The average molecular weight is 285 g/mol. The van der Waals surface area contributed by atoms with E-state index >= 15 is 0 Å². The molecule has 0 bridgehead atoms. The van der Waals surface area contributed by atoms with Gasteiger partial charge in [-0.1, -0.05) is 25.1 Å². The molecule has 1 aromatic carbocycles. The quantitative estimate of drug-likeness (QED) is 0.886. The zero-order valence-corrected chi connectivity index (χ0v) is 12.7. The third kappa shape index (κ3) is 2.68. The molecule has 0 radical (unpaired) electrons. The molecule has 4 nitrogen and oxygen atoms in total. The van der Waals surface area contributed by atoms with Gasteiger partial charge >= 0.3 is 0 Å². The van der Waals surface area contributed by atoms with Gasteiger partial charge in [0.15, 0.2) is 0 Å². The molecule has 2 unspecified atom stereocenters. The summed E-state index contributed by atoms with van der Waals surface area (Å²) in [5.41, 5.74) is 2.55. The number of nitrogens with zero attached hydrogens (tertiary/aromatic N) is 2. The van der Waals surface area contributed by atoms with Crippen LogP contribution in [-0.2, 0) is 6.54 Å². The molecule has 2 heterocycles.